The lowest BCUT2D eigenvalue weighted by Crippen LogP contribution is -2.29. The van der Waals surface area contributed by atoms with E-state index in [9.17, 15) is 5.11 Å². The predicted octanol–water partition coefficient (Wildman–Crippen LogP) is 3.03. The fourth-order valence-electron chi connectivity index (χ4n) is 1.83. The van der Waals surface area contributed by atoms with Crippen molar-refractivity contribution in [1.82, 2.24) is 0 Å². The van der Waals surface area contributed by atoms with Crippen molar-refractivity contribution in [2.75, 3.05) is 17.6 Å². The summed E-state index contributed by atoms with van der Waals surface area (Å²) < 4.78 is 5.76. The molecule has 21 heavy (non-hydrogen) atoms. The third kappa shape index (κ3) is 5.00. The molecule has 112 valence electrons. The lowest BCUT2D eigenvalue weighted by atomic mass is 10.1. The Balaban J connectivity index is 2.01. The van der Waals surface area contributed by atoms with Gasteiger partial charge in [0.05, 0.1) is 17.0 Å². The Morgan fingerprint density at radius 1 is 1.14 bits per heavy atom. The van der Waals surface area contributed by atoms with Gasteiger partial charge in [-0.05, 0) is 31.5 Å². The van der Waals surface area contributed by atoms with Crippen LogP contribution in [0.3, 0.4) is 0 Å². The highest BCUT2D eigenvalue weighted by Gasteiger charge is 2.12. The van der Waals surface area contributed by atoms with Crippen molar-refractivity contribution >= 4 is 11.4 Å². The fourth-order valence-corrected chi connectivity index (χ4v) is 1.83. The van der Waals surface area contributed by atoms with E-state index in [0.717, 1.165) is 17.0 Å². The molecule has 0 aliphatic rings. The molecule has 0 heterocycles. The highest BCUT2D eigenvalue weighted by Crippen LogP contribution is 2.25. The number of rotatable bonds is 6. The minimum Gasteiger partial charge on any atom is -0.489 e. The first-order valence-corrected chi connectivity index (χ1v) is 6.96. The van der Waals surface area contributed by atoms with Crippen LogP contribution >= 0.6 is 0 Å². The van der Waals surface area contributed by atoms with Gasteiger partial charge in [-0.25, -0.2) is 0 Å². The standard InChI is InChI=1S/C17H22N2O2/c1-17(2,20)12-19-16-10-14(8-9-15(16)18)21-11-13-6-4-3-5-7-13/h3-10,19-20H,11-12,18H2,1-2H3. The molecule has 0 aliphatic carbocycles. The fraction of sp³-hybridized carbons (Fsp3) is 0.294. The maximum atomic E-state index is 9.76. The van der Waals surface area contributed by atoms with E-state index in [1.54, 1.807) is 19.9 Å². The predicted molar refractivity (Wildman–Crippen MR) is 86.4 cm³/mol. The van der Waals surface area contributed by atoms with Gasteiger partial charge < -0.3 is 20.9 Å². The van der Waals surface area contributed by atoms with E-state index >= 15 is 0 Å². The number of anilines is 2. The number of benzene rings is 2. The first kappa shape index (κ1) is 15.2. The van der Waals surface area contributed by atoms with Crippen LogP contribution in [0.2, 0.25) is 0 Å². The van der Waals surface area contributed by atoms with Crippen LogP contribution in [-0.2, 0) is 6.61 Å². The van der Waals surface area contributed by atoms with Crippen LogP contribution in [0.4, 0.5) is 11.4 Å². The number of nitrogens with one attached hydrogen (secondary N) is 1. The topological polar surface area (TPSA) is 67.5 Å². The quantitative estimate of drug-likeness (QED) is 0.714. The molecule has 0 aromatic heterocycles. The SMILES string of the molecule is CC(C)(O)CNc1cc(OCc2ccccc2)ccc1N. The molecule has 4 N–H and O–H groups in total. The van der Waals surface area contributed by atoms with Gasteiger partial charge in [-0.3, -0.25) is 0 Å². The smallest absolute Gasteiger partial charge is 0.122 e. The minimum atomic E-state index is -0.798. The van der Waals surface area contributed by atoms with Crippen molar-refractivity contribution in [3.05, 3.63) is 54.1 Å². The van der Waals surface area contributed by atoms with Gasteiger partial charge in [0.15, 0.2) is 0 Å². The van der Waals surface area contributed by atoms with E-state index in [4.69, 9.17) is 10.5 Å². The molecule has 0 saturated heterocycles. The average molecular weight is 286 g/mol. The first-order chi connectivity index (χ1) is 9.94. The summed E-state index contributed by atoms with van der Waals surface area (Å²) in [7, 11) is 0. The van der Waals surface area contributed by atoms with E-state index in [2.05, 4.69) is 5.32 Å². The average Bonchev–Trinajstić information content (AvgIpc) is 2.45. The summed E-state index contributed by atoms with van der Waals surface area (Å²) in [6, 6.07) is 15.5. The van der Waals surface area contributed by atoms with E-state index < -0.39 is 5.60 Å². The molecule has 0 unspecified atom stereocenters. The molecule has 0 bridgehead atoms. The number of nitrogens with two attached hydrogens (primary N) is 1. The van der Waals surface area contributed by atoms with Gasteiger partial charge in [-0.2, -0.15) is 0 Å². The van der Waals surface area contributed by atoms with Gasteiger partial charge in [0, 0.05) is 12.6 Å². The first-order valence-electron chi connectivity index (χ1n) is 6.96. The zero-order valence-electron chi connectivity index (χ0n) is 12.5. The van der Waals surface area contributed by atoms with Crippen LogP contribution in [0.1, 0.15) is 19.4 Å². The number of ether oxygens (including phenoxy) is 1. The Kier molecular flexibility index (Phi) is 4.70. The van der Waals surface area contributed by atoms with Crippen LogP contribution in [0.25, 0.3) is 0 Å². The van der Waals surface area contributed by atoms with Crippen molar-refractivity contribution in [2.45, 2.75) is 26.1 Å². The summed E-state index contributed by atoms with van der Waals surface area (Å²) in [4.78, 5) is 0. The Bertz CT molecular complexity index is 577. The molecule has 4 heteroatoms. The molecule has 0 atom stereocenters. The second kappa shape index (κ2) is 6.50. The van der Waals surface area contributed by atoms with E-state index in [-0.39, 0.29) is 0 Å². The van der Waals surface area contributed by atoms with Crippen molar-refractivity contribution in [1.29, 1.82) is 0 Å². The number of aliphatic hydroxyl groups is 1. The summed E-state index contributed by atoms with van der Waals surface area (Å²) in [6.07, 6.45) is 0. The third-order valence-electron chi connectivity index (χ3n) is 2.98. The zero-order chi connectivity index (χ0) is 15.3. The second-order valence-electron chi connectivity index (χ2n) is 5.69. The van der Waals surface area contributed by atoms with Crippen LogP contribution in [0, 0.1) is 0 Å². The van der Waals surface area contributed by atoms with Gasteiger partial charge in [0.25, 0.3) is 0 Å². The largest absolute Gasteiger partial charge is 0.489 e. The van der Waals surface area contributed by atoms with E-state index in [1.807, 2.05) is 42.5 Å². The van der Waals surface area contributed by atoms with Gasteiger partial charge in [-0.1, -0.05) is 30.3 Å². The zero-order valence-corrected chi connectivity index (χ0v) is 12.5. The summed E-state index contributed by atoms with van der Waals surface area (Å²) in [5.41, 5.74) is 7.64. The van der Waals surface area contributed by atoms with Crippen LogP contribution in [0.15, 0.2) is 48.5 Å². The highest BCUT2D eigenvalue weighted by molar-refractivity contribution is 5.68. The number of hydrogen-bond acceptors (Lipinski definition) is 4. The molecule has 0 amide bonds. The molecule has 0 fully saturated rings. The van der Waals surface area contributed by atoms with Crippen molar-refractivity contribution < 1.29 is 9.84 Å². The van der Waals surface area contributed by atoms with Crippen LogP contribution in [-0.4, -0.2) is 17.3 Å². The van der Waals surface area contributed by atoms with Gasteiger partial charge >= 0.3 is 0 Å². The molecular formula is C17H22N2O2. The lowest BCUT2D eigenvalue weighted by molar-refractivity contribution is 0.0945. The van der Waals surface area contributed by atoms with Gasteiger partial charge in [-0.15, -0.1) is 0 Å². The molecule has 0 saturated carbocycles. The van der Waals surface area contributed by atoms with Gasteiger partial charge in [0.1, 0.15) is 12.4 Å². The molecule has 4 nitrogen and oxygen atoms in total. The second-order valence-corrected chi connectivity index (χ2v) is 5.69. The number of nitrogen functional groups attached to an aromatic ring is 1. The van der Waals surface area contributed by atoms with E-state index in [0.29, 0.717) is 18.8 Å². The molecule has 0 spiro atoms. The maximum absolute atomic E-state index is 9.76. The summed E-state index contributed by atoms with van der Waals surface area (Å²) in [5, 5.41) is 12.9. The third-order valence-corrected chi connectivity index (χ3v) is 2.98. The summed E-state index contributed by atoms with van der Waals surface area (Å²) in [6.45, 7) is 4.41. The molecule has 0 radical (unpaired) electrons. The molecule has 2 rings (SSSR count). The van der Waals surface area contributed by atoms with Crippen LogP contribution in [0.5, 0.6) is 5.75 Å². The van der Waals surface area contributed by atoms with E-state index in [1.165, 1.54) is 0 Å². The Labute approximate surface area is 125 Å². The highest BCUT2D eigenvalue weighted by atomic mass is 16.5. The maximum Gasteiger partial charge on any atom is 0.122 e. The summed E-state index contributed by atoms with van der Waals surface area (Å²) in [5.74, 6) is 0.742. The normalized spacial score (nSPS) is 11.2. The summed E-state index contributed by atoms with van der Waals surface area (Å²) >= 11 is 0. The Morgan fingerprint density at radius 2 is 1.86 bits per heavy atom. The molecular weight excluding hydrogens is 264 g/mol. The van der Waals surface area contributed by atoms with Crippen LogP contribution < -0.4 is 15.8 Å². The monoisotopic (exact) mass is 286 g/mol. The minimum absolute atomic E-state index is 0.416. The Hall–Kier alpha value is -2.20. The lowest BCUT2D eigenvalue weighted by Gasteiger charge is -2.20. The molecule has 2 aromatic rings. The Morgan fingerprint density at radius 3 is 2.52 bits per heavy atom. The van der Waals surface area contributed by atoms with Crippen molar-refractivity contribution in [3.63, 3.8) is 0 Å². The molecule has 2 aromatic carbocycles. The van der Waals surface area contributed by atoms with Crippen molar-refractivity contribution in [3.8, 4) is 5.75 Å². The van der Waals surface area contributed by atoms with Crippen molar-refractivity contribution in [2.24, 2.45) is 0 Å². The van der Waals surface area contributed by atoms with Gasteiger partial charge in [0.2, 0.25) is 0 Å². The number of hydrogen-bond donors (Lipinski definition) is 3. The molecule has 0 aliphatic heterocycles.